The second kappa shape index (κ2) is 9.59. The summed E-state index contributed by atoms with van der Waals surface area (Å²) in [6.07, 6.45) is -0.971. The summed E-state index contributed by atoms with van der Waals surface area (Å²) in [5, 5.41) is 3.94. The molecule has 0 amide bonds. The first-order valence-corrected chi connectivity index (χ1v) is 13.0. The fourth-order valence-electron chi connectivity index (χ4n) is 3.95. The van der Waals surface area contributed by atoms with Crippen molar-refractivity contribution in [2.45, 2.75) is 44.2 Å². The summed E-state index contributed by atoms with van der Waals surface area (Å²) < 4.78 is 66.1. The Hall–Kier alpha value is -2.57. The van der Waals surface area contributed by atoms with E-state index in [1.54, 1.807) is 6.20 Å². The number of thiazole rings is 1. The van der Waals surface area contributed by atoms with Gasteiger partial charge < -0.3 is 5.32 Å². The van der Waals surface area contributed by atoms with Gasteiger partial charge in [-0.3, -0.25) is 0 Å². The van der Waals surface area contributed by atoms with Gasteiger partial charge in [-0.2, -0.15) is 17.5 Å². The number of benzene rings is 1. The molecule has 0 bridgehead atoms. The number of nitrogens with zero attached hydrogens (tertiary/aromatic N) is 4. The van der Waals surface area contributed by atoms with E-state index in [1.807, 2.05) is 19.9 Å². The second-order valence-corrected chi connectivity index (χ2v) is 11.4. The molecule has 1 aliphatic rings. The molecule has 12 heteroatoms. The van der Waals surface area contributed by atoms with Crippen LogP contribution in [0.1, 0.15) is 34.8 Å². The Balaban J connectivity index is 1.40. The lowest BCUT2D eigenvalue weighted by molar-refractivity contribution is -0.137. The van der Waals surface area contributed by atoms with Gasteiger partial charge >= 0.3 is 6.18 Å². The van der Waals surface area contributed by atoms with Crippen LogP contribution in [0, 0.1) is 19.8 Å². The van der Waals surface area contributed by atoms with Gasteiger partial charge in [0.1, 0.15) is 11.6 Å². The quantitative estimate of drug-likeness (QED) is 0.504. The fraction of sp³-hybridized carbons (Fsp3) is 0.409. The summed E-state index contributed by atoms with van der Waals surface area (Å²) >= 11 is 1.53. The molecule has 0 radical (unpaired) electrons. The fourth-order valence-corrected chi connectivity index (χ4v) is 6.14. The lowest BCUT2D eigenvalue weighted by Crippen LogP contribution is -2.39. The van der Waals surface area contributed by atoms with Gasteiger partial charge in [-0.25, -0.2) is 23.4 Å². The number of anilines is 2. The van der Waals surface area contributed by atoms with Crippen LogP contribution >= 0.6 is 11.3 Å². The first kappa shape index (κ1) is 24.6. The Kier molecular flexibility index (Phi) is 6.92. The van der Waals surface area contributed by atoms with E-state index in [9.17, 15) is 21.6 Å². The molecule has 34 heavy (non-hydrogen) atoms. The van der Waals surface area contributed by atoms with Crippen molar-refractivity contribution in [1.82, 2.24) is 19.3 Å². The summed E-state index contributed by atoms with van der Waals surface area (Å²) in [6.45, 7) is 4.28. The van der Waals surface area contributed by atoms with Crippen LogP contribution in [0.3, 0.4) is 0 Å². The molecule has 2 aromatic heterocycles. The summed E-state index contributed by atoms with van der Waals surface area (Å²) in [5.41, 5.74) is -0.123. The van der Waals surface area contributed by atoms with E-state index in [4.69, 9.17) is 0 Å². The van der Waals surface area contributed by atoms with E-state index in [0.29, 0.717) is 37.0 Å². The average Bonchev–Trinajstić information content (AvgIpc) is 3.17. The standard InChI is InChI=1S/C22H24F3N5O2S2/c1-14-13-26-21(33-14)29-20-12-18(27-15(2)28-20)10-16-6-8-30(9-7-16)34(31,32)19-5-3-4-17(11-19)22(23,24)25/h3-5,11-13,16H,6-10H2,1-2H3,(H,26,27,28,29). The minimum atomic E-state index is -4.60. The van der Waals surface area contributed by atoms with E-state index >= 15 is 0 Å². The lowest BCUT2D eigenvalue weighted by Gasteiger charge is -2.31. The zero-order chi connectivity index (χ0) is 24.5. The van der Waals surface area contributed by atoms with Crippen molar-refractivity contribution in [2.75, 3.05) is 18.4 Å². The van der Waals surface area contributed by atoms with Crippen LogP contribution in [0.2, 0.25) is 0 Å². The molecule has 1 fully saturated rings. The molecule has 1 N–H and O–H groups in total. The number of halogens is 3. The highest BCUT2D eigenvalue weighted by molar-refractivity contribution is 7.89. The maximum absolute atomic E-state index is 13.0. The van der Waals surface area contributed by atoms with Crippen LogP contribution in [-0.4, -0.2) is 40.8 Å². The summed E-state index contributed by atoms with van der Waals surface area (Å²) in [5.74, 6) is 1.48. The highest BCUT2D eigenvalue weighted by Crippen LogP contribution is 2.32. The molecule has 0 aliphatic carbocycles. The molecule has 0 spiro atoms. The predicted molar refractivity (Wildman–Crippen MR) is 124 cm³/mol. The summed E-state index contributed by atoms with van der Waals surface area (Å²) in [6, 6.07) is 5.77. The third-order valence-corrected chi connectivity index (χ3v) is 8.34. The molecule has 4 rings (SSSR count). The zero-order valence-corrected chi connectivity index (χ0v) is 20.3. The van der Waals surface area contributed by atoms with Crippen LogP contribution in [0.25, 0.3) is 0 Å². The lowest BCUT2D eigenvalue weighted by atomic mass is 9.93. The number of sulfonamides is 1. The predicted octanol–water partition coefficient (Wildman–Crippen LogP) is 4.96. The molecular weight excluding hydrogens is 487 g/mol. The van der Waals surface area contributed by atoms with Crippen LogP contribution in [0.4, 0.5) is 24.1 Å². The van der Waals surface area contributed by atoms with E-state index in [-0.39, 0.29) is 23.9 Å². The second-order valence-electron chi connectivity index (χ2n) is 8.27. The van der Waals surface area contributed by atoms with E-state index in [0.717, 1.165) is 27.8 Å². The molecule has 3 aromatic rings. The smallest absolute Gasteiger partial charge is 0.316 e. The number of nitrogens with one attached hydrogen (secondary N) is 1. The van der Waals surface area contributed by atoms with Crippen molar-refractivity contribution in [3.8, 4) is 0 Å². The van der Waals surface area contributed by atoms with Gasteiger partial charge in [0.25, 0.3) is 0 Å². The van der Waals surface area contributed by atoms with E-state index < -0.39 is 21.8 Å². The molecule has 0 saturated carbocycles. The maximum atomic E-state index is 13.0. The van der Waals surface area contributed by atoms with Crippen molar-refractivity contribution >= 4 is 32.3 Å². The molecule has 182 valence electrons. The van der Waals surface area contributed by atoms with Crippen molar-refractivity contribution in [2.24, 2.45) is 5.92 Å². The van der Waals surface area contributed by atoms with Gasteiger partial charge in [0.15, 0.2) is 5.13 Å². The van der Waals surface area contributed by atoms with Crippen LogP contribution in [0.15, 0.2) is 41.4 Å². The average molecular weight is 512 g/mol. The van der Waals surface area contributed by atoms with Crippen LogP contribution < -0.4 is 5.32 Å². The minimum Gasteiger partial charge on any atom is -0.316 e. The van der Waals surface area contributed by atoms with Crippen LogP contribution in [0.5, 0.6) is 0 Å². The Labute approximate surface area is 200 Å². The molecule has 1 saturated heterocycles. The number of piperidine rings is 1. The third kappa shape index (κ3) is 5.73. The minimum absolute atomic E-state index is 0.206. The van der Waals surface area contributed by atoms with Gasteiger partial charge in [-0.05, 0) is 57.2 Å². The molecule has 7 nitrogen and oxygen atoms in total. The van der Waals surface area contributed by atoms with Gasteiger partial charge in [-0.15, -0.1) is 11.3 Å². The highest BCUT2D eigenvalue weighted by atomic mass is 32.2. The Bertz CT molecular complexity index is 1270. The van der Waals surface area contributed by atoms with Gasteiger partial charge in [0.2, 0.25) is 10.0 Å². The monoisotopic (exact) mass is 511 g/mol. The summed E-state index contributed by atoms with van der Waals surface area (Å²) in [4.78, 5) is 14.0. The summed E-state index contributed by atoms with van der Waals surface area (Å²) in [7, 11) is -4.00. The molecule has 1 aliphatic heterocycles. The molecule has 3 heterocycles. The zero-order valence-electron chi connectivity index (χ0n) is 18.6. The molecule has 0 unspecified atom stereocenters. The first-order chi connectivity index (χ1) is 16.0. The first-order valence-electron chi connectivity index (χ1n) is 10.7. The van der Waals surface area contributed by atoms with E-state index in [2.05, 4.69) is 20.3 Å². The Morgan fingerprint density at radius 2 is 1.88 bits per heavy atom. The Morgan fingerprint density at radius 1 is 1.15 bits per heavy atom. The van der Waals surface area contributed by atoms with E-state index in [1.165, 1.54) is 21.7 Å². The largest absolute Gasteiger partial charge is 0.416 e. The topological polar surface area (TPSA) is 88.1 Å². The Morgan fingerprint density at radius 3 is 2.53 bits per heavy atom. The van der Waals surface area contributed by atoms with Crippen molar-refractivity contribution in [3.63, 3.8) is 0 Å². The number of alkyl halides is 3. The number of hydrogen-bond acceptors (Lipinski definition) is 7. The van der Waals surface area contributed by atoms with Crippen molar-refractivity contribution in [3.05, 3.63) is 58.5 Å². The highest BCUT2D eigenvalue weighted by Gasteiger charge is 2.34. The molecule has 1 aromatic carbocycles. The number of aromatic nitrogens is 3. The van der Waals surface area contributed by atoms with Crippen molar-refractivity contribution in [1.29, 1.82) is 0 Å². The SMILES string of the molecule is Cc1nc(CC2CCN(S(=O)(=O)c3cccc(C(F)(F)F)c3)CC2)cc(Nc2ncc(C)s2)n1. The van der Waals surface area contributed by atoms with Gasteiger partial charge in [0.05, 0.1) is 10.5 Å². The number of aryl methyl sites for hydroxylation is 2. The maximum Gasteiger partial charge on any atom is 0.416 e. The van der Waals surface area contributed by atoms with Gasteiger partial charge in [0, 0.05) is 35.9 Å². The van der Waals surface area contributed by atoms with Crippen molar-refractivity contribution < 1.29 is 21.6 Å². The molecule has 0 atom stereocenters. The van der Waals surface area contributed by atoms with Gasteiger partial charge in [-0.1, -0.05) is 6.07 Å². The molecular formula is C22H24F3N5O2S2. The normalized spacial score (nSPS) is 16.0. The van der Waals surface area contributed by atoms with Crippen LogP contribution in [-0.2, 0) is 22.6 Å². The third-order valence-electron chi connectivity index (χ3n) is 5.62. The number of hydrogen-bond donors (Lipinski definition) is 1. The number of rotatable bonds is 6.